The van der Waals surface area contributed by atoms with Gasteiger partial charge in [-0.05, 0) is 36.2 Å². The van der Waals surface area contributed by atoms with Crippen LogP contribution in [0.3, 0.4) is 0 Å². The number of benzene rings is 1. The van der Waals surface area contributed by atoms with Crippen molar-refractivity contribution in [3.8, 4) is 6.07 Å². The highest BCUT2D eigenvalue weighted by atomic mass is 16.6. The lowest BCUT2D eigenvalue weighted by Gasteiger charge is -2.09. The summed E-state index contributed by atoms with van der Waals surface area (Å²) >= 11 is 0. The van der Waals surface area contributed by atoms with Gasteiger partial charge in [-0.1, -0.05) is 0 Å². The SMILES string of the molecule is Cc1cnccc1CNc1cc(C#N)ccc1[N+](=O)[O-]. The van der Waals surface area contributed by atoms with E-state index < -0.39 is 4.92 Å². The van der Waals surface area contributed by atoms with Crippen LogP contribution in [0.15, 0.2) is 36.7 Å². The minimum atomic E-state index is -0.469. The van der Waals surface area contributed by atoms with Gasteiger partial charge in [0.15, 0.2) is 0 Å². The van der Waals surface area contributed by atoms with Crippen molar-refractivity contribution in [3.05, 3.63) is 63.5 Å². The summed E-state index contributed by atoms with van der Waals surface area (Å²) < 4.78 is 0. The summed E-state index contributed by atoms with van der Waals surface area (Å²) in [7, 11) is 0. The van der Waals surface area contributed by atoms with E-state index in [1.54, 1.807) is 12.4 Å². The van der Waals surface area contributed by atoms with Gasteiger partial charge in [0.25, 0.3) is 5.69 Å². The van der Waals surface area contributed by atoms with Gasteiger partial charge in [-0.2, -0.15) is 5.26 Å². The van der Waals surface area contributed by atoms with E-state index in [1.165, 1.54) is 18.2 Å². The molecular weight excluding hydrogens is 256 g/mol. The first-order valence-electron chi connectivity index (χ1n) is 5.93. The zero-order valence-corrected chi connectivity index (χ0v) is 10.8. The number of hydrogen-bond donors (Lipinski definition) is 1. The average Bonchev–Trinajstić information content (AvgIpc) is 2.46. The molecule has 0 aliphatic heterocycles. The number of nitrogens with one attached hydrogen (secondary N) is 1. The van der Waals surface area contributed by atoms with E-state index in [2.05, 4.69) is 10.3 Å². The summed E-state index contributed by atoms with van der Waals surface area (Å²) in [6, 6.07) is 8.07. The molecule has 0 radical (unpaired) electrons. The van der Waals surface area contributed by atoms with Crippen molar-refractivity contribution in [3.63, 3.8) is 0 Å². The number of nitro benzene ring substituents is 1. The van der Waals surface area contributed by atoms with Crippen molar-refractivity contribution in [2.75, 3.05) is 5.32 Å². The molecule has 6 heteroatoms. The molecule has 0 amide bonds. The van der Waals surface area contributed by atoms with Crippen LogP contribution in [-0.2, 0) is 6.54 Å². The summed E-state index contributed by atoms with van der Waals surface area (Å²) in [6.07, 6.45) is 3.40. The normalized spacial score (nSPS) is 9.80. The van der Waals surface area contributed by atoms with Crippen LogP contribution in [0.2, 0.25) is 0 Å². The molecule has 1 aromatic heterocycles. The third kappa shape index (κ3) is 2.90. The zero-order chi connectivity index (χ0) is 14.5. The Morgan fingerprint density at radius 2 is 2.25 bits per heavy atom. The number of aryl methyl sites for hydroxylation is 1. The van der Waals surface area contributed by atoms with Gasteiger partial charge in [0, 0.05) is 25.0 Å². The highest BCUT2D eigenvalue weighted by Crippen LogP contribution is 2.26. The van der Waals surface area contributed by atoms with E-state index in [9.17, 15) is 10.1 Å². The highest BCUT2D eigenvalue weighted by molar-refractivity contribution is 5.64. The summed E-state index contributed by atoms with van der Waals surface area (Å²) in [5.74, 6) is 0. The Morgan fingerprint density at radius 1 is 1.45 bits per heavy atom. The molecule has 1 aromatic carbocycles. The lowest BCUT2D eigenvalue weighted by atomic mass is 10.1. The molecule has 0 spiro atoms. The van der Waals surface area contributed by atoms with Crippen LogP contribution in [0.1, 0.15) is 16.7 Å². The fraction of sp³-hybridized carbons (Fsp3) is 0.143. The number of nitrogens with zero attached hydrogens (tertiary/aromatic N) is 3. The molecule has 100 valence electrons. The van der Waals surface area contributed by atoms with Crippen molar-refractivity contribution in [2.45, 2.75) is 13.5 Å². The zero-order valence-electron chi connectivity index (χ0n) is 10.8. The lowest BCUT2D eigenvalue weighted by Crippen LogP contribution is -2.04. The molecule has 0 saturated carbocycles. The Balaban J connectivity index is 2.26. The number of pyridine rings is 1. The van der Waals surface area contributed by atoms with Gasteiger partial charge >= 0.3 is 0 Å². The molecule has 2 aromatic rings. The molecule has 20 heavy (non-hydrogen) atoms. The Hall–Kier alpha value is -2.94. The Morgan fingerprint density at radius 3 is 2.90 bits per heavy atom. The number of aromatic nitrogens is 1. The van der Waals surface area contributed by atoms with Crippen LogP contribution in [-0.4, -0.2) is 9.91 Å². The van der Waals surface area contributed by atoms with E-state index in [4.69, 9.17) is 5.26 Å². The fourth-order valence-corrected chi connectivity index (χ4v) is 1.80. The predicted octanol–water partition coefficient (Wildman–Crippen LogP) is 2.78. The van der Waals surface area contributed by atoms with Crippen LogP contribution in [0.5, 0.6) is 0 Å². The third-order valence-corrected chi connectivity index (χ3v) is 2.93. The third-order valence-electron chi connectivity index (χ3n) is 2.93. The quantitative estimate of drug-likeness (QED) is 0.680. The Bertz CT molecular complexity index is 692. The van der Waals surface area contributed by atoms with Crippen molar-refractivity contribution < 1.29 is 4.92 Å². The minimum Gasteiger partial charge on any atom is -0.375 e. The van der Waals surface area contributed by atoms with Crippen molar-refractivity contribution >= 4 is 11.4 Å². The van der Waals surface area contributed by atoms with Crippen LogP contribution < -0.4 is 5.32 Å². The largest absolute Gasteiger partial charge is 0.375 e. The molecule has 1 N–H and O–H groups in total. The van der Waals surface area contributed by atoms with Crippen LogP contribution in [0, 0.1) is 28.4 Å². The lowest BCUT2D eigenvalue weighted by molar-refractivity contribution is -0.384. The fourth-order valence-electron chi connectivity index (χ4n) is 1.80. The van der Waals surface area contributed by atoms with Crippen LogP contribution in [0.25, 0.3) is 0 Å². The summed E-state index contributed by atoms with van der Waals surface area (Å²) in [5, 5.41) is 22.8. The molecule has 0 fully saturated rings. The van der Waals surface area contributed by atoms with E-state index in [0.717, 1.165) is 11.1 Å². The van der Waals surface area contributed by atoms with E-state index in [1.807, 2.05) is 19.1 Å². The maximum Gasteiger partial charge on any atom is 0.292 e. The maximum atomic E-state index is 11.0. The summed E-state index contributed by atoms with van der Waals surface area (Å²) in [6.45, 7) is 2.36. The standard InChI is InChI=1S/C14H12N4O2/c1-10-8-16-5-4-12(10)9-17-13-6-11(7-15)2-3-14(13)18(19)20/h2-6,8,17H,9H2,1H3. The molecule has 0 unspecified atom stereocenters. The molecule has 2 rings (SSSR count). The molecule has 0 aliphatic rings. The van der Waals surface area contributed by atoms with Gasteiger partial charge in [0.05, 0.1) is 16.6 Å². The number of anilines is 1. The van der Waals surface area contributed by atoms with Crippen LogP contribution >= 0.6 is 0 Å². The number of nitro groups is 1. The first kappa shape index (κ1) is 13.5. The second-order valence-electron chi connectivity index (χ2n) is 4.26. The van der Waals surface area contributed by atoms with E-state index in [0.29, 0.717) is 17.8 Å². The van der Waals surface area contributed by atoms with E-state index in [-0.39, 0.29) is 5.69 Å². The highest BCUT2D eigenvalue weighted by Gasteiger charge is 2.14. The van der Waals surface area contributed by atoms with Gasteiger partial charge in [-0.15, -0.1) is 0 Å². The van der Waals surface area contributed by atoms with Gasteiger partial charge in [0.1, 0.15) is 5.69 Å². The van der Waals surface area contributed by atoms with Crippen molar-refractivity contribution in [2.24, 2.45) is 0 Å². The average molecular weight is 268 g/mol. The van der Waals surface area contributed by atoms with Gasteiger partial charge in [0.2, 0.25) is 0 Å². The smallest absolute Gasteiger partial charge is 0.292 e. The second kappa shape index (κ2) is 5.80. The molecule has 0 bridgehead atoms. The first-order chi connectivity index (χ1) is 9.61. The molecular formula is C14H12N4O2. The summed E-state index contributed by atoms with van der Waals surface area (Å²) in [5.41, 5.74) is 2.67. The minimum absolute atomic E-state index is 0.0456. The first-order valence-corrected chi connectivity index (χ1v) is 5.93. The monoisotopic (exact) mass is 268 g/mol. The van der Waals surface area contributed by atoms with E-state index >= 15 is 0 Å². The molecule has 0 aliphatic carbocycles. The van der Waals surface area contributed by atoms with Crippen LogP contribution in [0.4, 0.5) is 11.4 Å². The van der Waals surface area contributed by atoms with Gasteiger partial charge in [-0.25, -0.2) is 0 Å². The number of hydrogen-bond acceptors (Lipinski definition) is 5. The number of nitriles is 1. The Labute approximate surface area is 115 Å². The molecule has 6 nitrogen and oxygen atoms in total. The topological polar surface area (TPSA) is 91.8 Å². The molecule has 0 atom stereocenters. The van der Waals surface area contributed by atoms with Gasteiger partial charge < -0.3 is 5.32 Å². The Kier molecular flexibility index (Phi) is 3.91. The molecule has 0 saturated heterocycles. The second-order valence-corrected chi connectivity index (χ2v) is 4.26. The maximum absolute atomic E-state index is 11.0. The predicted molar refractivity (Wildman–Crippen MR) is 74.1 cm³/mol. The number of rotatable bonds is 4. The van der Waals surface area contributed by atoms with Crippen molar-refractivity contribution in [1.82, 2.24) is 4.98 Å². The van der Waals surface area contributed by atoms with Gasteiger partial charge in [-0.3, -0.25) is 15.1 Å². The molecule has 1 heterocycles. The summed E-state index contributed by atoms with van der Waals surface area (Å²) in [4.78, 5) is 14.5. The van der Waals surface area contributed by atoms with Crippen molar-refractivity contribution in [1.29, 1.82) is 5.26 Å².